The molecular formula is C24H19ClN2O3. The summed E-state index contributed by atoms with van der Waals surface area (Å²) in [6.45, 7) is 0.392. The molecule has 0 unspecified atom stereocenters. The monoisotopic (exact) mass is 418 g/mol. The molecule has 0 radical (unpaired) electrons. The first-order valence-corrected chi connectivity index (χ1v) is 9.50. The molecule has 0 aromatic heterocycles. The van der Waals surface area contributed by atoms with Crippen LogP contribution in [0.3, 0.4) is 0 Å². The van der Waals surface area contributed by atoms with Crippen LogP contribution in [-0.2, 0) is 11.4 Å². The average molecular weight is 419 g/mol. The first kappa shape index (κ1) is 21.0. The number of hydrogen-bond acceptors (Lipinski definition) is 4. The summed E-state index contributed by atoms with van der Waals surface area (Å²) in [4.78, 5) is 12.4. The maximum Gasteiger partial charge on any atom is 0.266 e. The number of amides is 1. The summed E-state index contributed by atoms with van der Waals surface area (Å²) in [5, 5.41) is 12.5. The Kier molecular flexibility index (Phi) is 7.09. The van der Waals surface area contributed by atoms with Crippen molar-refractivity contribution < 1.29 is 14.3 Å². The van der Waals surface area contributed by atoms with E-state index in [0.717, 1.165) is 5.56 Å². The van der Waals surface area contributed by atoms with Gasteiger partial charge in [0.2, 0.25) is 0 Å². The molecule has 3 aromatic rings. The Labute approximate surface area is 180 Å². The van der Waals surface area contributed by atoms with Gasteiger partial charge in [0.1, 0.15) is 29.7 Å². The normalized spacial score (nSPS) is 10.8. The molecule has 5 nitrogen and oxygen atoms in total. The lowest BCUT2D eigenvalue weighted by atomic mass is 10.1. The zero-order chi connectivity index (χ0) is 21.3. The smallest absolute Gasteiger partial charge is 0.266 e. The summed E-state index contributed by atoms with van der Waals surface area (Å²) >= 11 is 6.31. The van der Waals surface area contributed by atoms with E-state index in [1.165, 1.54) is 6.08 Å². The van der Waals surface area contributed by atoms with Crippen molar-refractivity contribution in [3.8, 4) is 17.6 Å². The third kappa shape index (κ3) is 5.63. The van der Waals surface area contributed by atoms with Crippen LogP contribution in [0.2, 0.25) is 5.02 Å². The van der Waals surface area contributed by atoms with Crippen molar-refractivity contribution in [2.45, 2.75) is 6.61 Å². The largest absolute Gasteiger partial charge is 0.497 e. The van der Waals surface area contributed by atoms with Crippen molar-refractivity contribution in [2.24, 2.45) is 0 Å². The zero-order valence-corrected chi connectivity index (χ0v) is 17.0. The predicted octanol–water partition coefficient (Wildman–Crippen LogP) is 5.47. The Morgan fingerprint density at radius 2 is 1.83 bits per heavy atom. The Bertz CT molecular complexity index is 1090. The van der Waals surface area contributed by atoms with Gasteiger partial charge in [0.05, 0.1) is 12.1 Å². The number of methoxy groups -OCH3 is 1. The van der Waals surface area contributed by atoms with Crippen molar-refractivity contribution in [3.05, 3.63) is 94.5 Å². The predicted molar refractivity (Wildman–Crippen MR) is 117 cm³/mol. The highest BCUT2D eigenvalue weighted by atomic mass is 35.5. The van der Waals surface area contributed by atoms with Crippen molar-refractivity contribution in [3.63, 3.8) is 0 Å². The molecule has 0 fully saturated rings. The fraction of sp³-hybridized carbons (Fsp3) is 0.0833. The van der Waals surface area contributed by atoms with Crippen LogP contribution in [0.4, 0.5) is 5.69 Å². The fourth-order valence-corrected chi connectivity index (χ4v) is 2.89. The summed E-state index contributed by atoms with van der Waals surface area (Å²) in [6.07, 6.45) is 1.48. The lowest BCUT2D eigenvalue weighted by Crippen LogP contribution is -2.13. The van der Waals surface area contributed by atoms with E-state index in [4.69, 9.17) is 21.1 Å². The van der Waals surface area contributed by atoms with E-state index in [0.29, 0.717) is 34.4 Å². The third-order valence-corrected chi connectivity index (χ3v) is 4.51. The van der Waals surface area contributed by atoms with Gasteiger partial charge in [-0.1, -0.05) is 48.0 Å². The van der Waals surface area contributed by atoms with Crippen LogP contribution in [0.5, 0.6) is 11.5 Å². The maximum atomic E-state index is 12.4. The summed E-state index contributed by atoms with van der Waals surface area (Å²) < 4.78 is 10.8. The van der Waals surface area contributed by atoms with Crippen LogP contribution in [-0.4, -0.2) is 13.0 Å². The highest BCUT2D eigenvalue weighted by Crippen LogP contribution is 2.27. The number of nitrogens with zero attached hydrogens (tertiary/aromatic N) is 1. The van der Waals surface area contributed by atoms with E-state index in [1.54, 1.807) is 49.6 Å². The minimum atomic E-state index is -0.511. The molecule has 3 rings (SSSR count). The summed E-state index contributed by atoms with van der Waals surface area (Å²) in [5.41, 5.74) is 2.16. The number of nitriles is 1. The highest BCUT2D eigenvalue weighted by molar-refractivity contribution is 6.32. The van der Waals surface area contributed by atoms with Gasteiger partial charge in [0, 0.05) is 5.69 Å². The standard InChI is InChI=1S/C24H19ClN2O3/c1-29-21-10-8-20(9-11-21)27-24(28)19(15-26)13-18-7-12-23(22(25)14-18)30-16-17-5-3-2-4-6-17/h2-14H,16H2,1H3,(H,27,28)/b19-13-. The first-order valence-electron chi connectivity index (χ1n) is 9.12. The molecule has 3 aromatic carbocycles. The molecule has 1 N–H and O–H groups in total. The van der Waals surface area contributed by atoms with Gasteiger partial charge in [0.25, 0.3) is 5.91 Å². The van der Waals surface area contributed by atoms with Gasteiger partial charge in [-0.15, -0.1) is 0 Å². The average Bonchev–Trinajstić information content (AvgIpc) is 2.78. The Morgan fingerprint density at radius 1 is 1.10 bits per heavy atom. The van der Waals surface area contributed by atoms with Gasteiger partial charge in [0.15, 0.2) is 0 Å². The number of carbonyl (C=O) groups is 1. The van der Waals surface area contributed by atoms with Gasteiger partial charge >= 0.3 is 0 Å². The fourth-order valence-electron chi connectivity index (χ4n) is 2.65. The molecule has 0 bridgehead atoms. The first-order chi connectivity index (χ1) is 14.6. The number of nitrogens with one attached hydrogen (secondary N) is 1. The second kappa shape index (κ2) is 10.1. The molecule has 0 atom stereocenters. The molecule has 0 aliphatic rings. The minimum absolute atomic E-state index is 0.0418. The van der Waals surface area contributed by atoms with Crippen LogP contribution in [0.1, 0.15) is 11.1 Å². The molecule has 0 saturated carbocycles. The number of halogens is 1. The molecule has 0 saturated heterocycles. The van der Waals surface area contributed by atoms with E-state index >= 15 is 0 Å². The summed E-state index contributed by atoms with van der Waals surface area (Å²) in [5.74, 6) is 0.690. The lowest BCUT2D eigenvalue weighted by Gasteiger charge is -2.09. The number of rotatable bonds is 7. The van der Waals surface area contributed by atoms with Crippen molar-refractivity contribution in [1.82, 2.24) is 0 Å². The lowest BCUT2D eigenvalue weighted by molar-refractivity contribution is -0.112. The molecule has 0 aliphatic heterocycles. The van der Waals surface area contributed by atoms with Crippen molar-refractivity contribution in [2.75, 3.05) is 12.4 Å². The molecule has 6 heteroatoms. The van der Waals surface area contributed by atoms with Crippen LogP contribution in [0.25, 0.3) is 6.08 Å². The van der Waals surface area contributed by atoms with E-state index < -0.39 is 5.91 Å². The van der Waals surface area contributed by atoms with Crippen LogP contribution in [0, 0.1) is 11.3 Å². The molecule has 30 heavy (non-hydrogen) atoms. The van der Waals surface area contributed by atoms with Crippen LogP contribution in [0.15, 0.2) is 78.4 Å². The van der Waals surface area contributed by atoms with Crippen molar-refractivity contribution >= 4 is 29.3 Å². The topological polar surface area (TPSA) is 71.3 Å². The molecule has 1 amide bonds. The minimum Gasteiger partial charge on any atom is -0.497 e. The maximum absolute atomic E-state index is 12.4. The molecule has 0 aliphatic carbocycles. The number of carbonyl (C=O) groups excluding carboxylic acids is 1. The van der Waals surface area contributed by atoms with Gasteiger partial charge in [-0.3, -0.25) is 4.79 Å². The van der Waals surface area contributed by atoms with Gasteiger partial charge in [-0.05, 0) is 53.6 Å². The SMILES string of the molecule is COc1ccc(NC(=O)/C(C#N)=C\c2ccc(OCc3ccccc3)c(Cl)c2)cc1. The Balaban J connectivity index is 1.69. The molecule has 150 valence electrons. The molecule has 0 heterocycles. The van der Waals surface area contributed by atoms with Crippen LogP contribution < -0.4 is 14.8 Å². The Morgan fingerprint density at radius 3 is 2.47 bits per heavy atom. The van der Waals surface area contributed by atoms with Crippen LogP contribution >= 0.6 is 11.6 Å². The van der Waals surface area contributed by atoms with E-state index in [1.807, 2.05) is 36.4 Å². The summed E-state index contributed by atoms with van der Waals surface area (Å²) in [6, 6.07) is 23.6. The molecular weight excluding hydrogens is 400 g/mol. The second-order valence-electron chi connectivity index (χ2n) is 6.32. The Hall–Kier alpha value is -3.75. The van der Waals surface area contributed by atoms with E-state index in [2.05, 4.69) is 5.32 Å². The number of ether oxygens (including phenoxy) is 2. The van der Waals surface area contributed by atoms with E-state index in [9.17, 15) is 10.1 Å². The molecule has 0 spiro atoms. The highest BCUT2D eigenvalue weighted by Gasteiger charge is 2.11. The number of hydrogen-bond donors (Lipinski definition) is 1. The third-order valence-electron chi connectivity index (χ3n) is 4.22. The number of benzene rings is 3. The van der Waals surface area contributed by atoms with Crippen molar-refractivity contribution in [1.29, 1.82) is 5.26 Å². The van der Waals surface area contributed by atoms with Gasteiger partial charge in [-0.25, -0.2) is 0 Å². The van der Waals surface area contributed by atoms with Gasteiger partial charge < -0.3 is 14.8 Å². The summed E-state index contributed by atoms with van der Waals surface area (Å²) in [7, 11) is 1.56. The second-order valence-corrected chi connectivity index (χ2v) is 6.72. The van der Waals surface area contributed by atoms with E-state index in [-0.39, 0.29) is 5.57 Å². The van der Waals surface area contributed by atoms with Gasteiger partial charge in [-0.2, -0.15) is 5.26 Å². The zero-order valence-electron chi connectivity index (χ0n) is 16.3. The number of anilines is 1. The quantitative estimate of drug-likeness (QED) is 0.407.